The number of carbonyl (C=O) groups is 1. The molecule has 0 aliphatic carbocycles. The highest BCUT2D eigenvalue weighted by Crippen LogP contribution is 2.43. The van der Waals surface area contributed by atoms with Crippen molar-refractivity contribution in [3.8, 4) is 5.75 Å². The molecule has 0 aliphatic heterocycles. The summed E-state index contributed by atoms with van der Waals surface area (Å²) in [5.74, 6) is 0.111. The number of nitrogen functional groups attached to an aromatic ring is 1. The summed E-state index contributed by atoms with van der Waals surface area (Å²) in [5.41, 5.74) is 6.29. The molecule has 102 valence electrons. The second-order valence-electron chi connectivity index (χ2n) is 4.09. The van der Waals surface area contributed by atoms with Gasteiger partial charge in [-0.15, -0.1) is 11.3 Å². The van der Waals surface area contributed by atoms with Gasteiger partial charge >= 0.3 is 5.97 Å². The smallest absolute Gasteiger partial charge is 0.350 e. The Balaban J connectivity index is 3.09. The monoisotopic (exact) mass is 272 g/mol. The Morgan fingerprint density at radius 3 is 2.67 bits per heavy atom. The number of anilines is 2. The molecule has 1 aromatic heterocycles. The number of thiophene rings is 1. The first kappa shape index (κ1) is 14.6. The first-order valence-electron chi connectivity index (χ1n) is 5.92. The van der Waals surface area contributed by atoms with E-state index >= 15 is 0 Å². The fraction of sp³-hybridized carbons (Fsp3) is 0.583. The molecule has 1 heterocycles. The second-order valence-corrected chi connectivity index (χ2v) is 5.11. The van der Waals surface area contributed by atoms with Gasteiger partial charge in [0.1, 0.15) is 15.6 Å². The van der Waals surface area contributed by atoms with Gasteiger partial charge in [0, 0.05) is 6.54 Å². The lowest BCUT2D eigenvalue weighted by molar-refractivity contribution is 0.0607. The van der Waals surface area contributed by atoms with Gasteiger partial charge in [-0.1, -0.05) is 6.92 Å². The van der Waals surface area contributed by atoms with Gasteiger partial charge in [-0.3, -0.25) is 0 Å². The maximum absolute atomic E-state index is 11.6. The predicted molar refractivity (Wildman–Crippen MR) is 74.6 cm³/mol. The van der Waals surface area contributed by atoms with Crippen LogP contribution in [0.1, 0.15) is 36.9 Å². The second kappa shape index (κ2) is 6.49. The maximum atomic E-state index is 11.6. The van der Waals surface area contributed by atoms with Gasteiger partial charge in [-0.25, -0.2) is 4.79 Å². The molecule has 0 fully saturated rings. The number of esters is 1. The van der Waals surface area contributed by atoms with Gasteiger partial charge < -0.3 is 20.5 Å². The summed E-state index contributed by atoms with van der Waals surface area (Å²) in [6.45, 7) is 6.69. The molecule has 0 aliphatic rings. The molecule has 0 radical (unpaired) electrons. The van der Waals surface area contributed by atoms with Crippen LogP contribution in [0.2, 0.25) is 0 Å². The molecule has 1 aromatic rings. The van der Waals surface area contributed by atoms with Crippen molar-refractivity contribution in [2.24, 2.45) is 0 Å². The average Bonchev–Trinajstić information content (AvgIpc) is 2.63. The van der Waals surface area contributed by atoms with E-state index in [1.54, 1.807) is 0 Å². The third-order valence-electron chi connectivity index (χ3n) is 2.16. The summed E-state index contributed by atoms with van der Waals surface area (Å²) in [6.07, 6.45) is 0.974. The highest BCUT2D eigenvalue weighted by Gasteiger charge is 2.23. The molecule has 5 nitrogen and oxygen atoms in total. The number of hydrogen-bond donors (Lipinski definition) is 2. The molecular weight excluding hydrogens is 252 g/mol. The largest absolute Gasteiger partial charge is 0.486 e. The van der Waals surface area contributed by atoms with Gasteiger partial charge in [-0.2, -0.15) is 0 Å². The summed E-state index contributed by atoms with van der Waals surface area (Å²) in [7, 11) is 1.34. The van der Waals surface area contributed by atoms with Crippen molar-refractivity contribution in [3.63, 3.8) is 0 Å². The molecule has 0 unspecified atom stereocenters. The van der Waals surface area contributed by atoms with Crippen molar-refractivity contribution in [1.82, 2.24) is 0 Å². The lowest BCUT2D eigenvalue weighted by atomic mass is 10.3. The van der Waals surface area contributed by atoms with Crippen molar-refractivity contribution < 1.29 is 14.3 Å². The third kappa shape index (κ3) is 3.29. The lowest BCUT2D eigenvalue weighted by Crippen LogP contribution is -2.09. The lowest BCUT2D eigenvalue weighted by Gasteiger charge is -2.12. The minimum absolute atomic E-state index is 0.00502. The normalized spacial score (nSPS) is 10.5. The van der Waals surface area contributed by atoms with Crippen LogP contribution in [0.4, 0.5) is 10.7 Å². The molecule has 0 saturated heterocycles. The molecular formula is C12H20N2O3S. The van der Waals surface area contributed by atoms with Crippen molar-refractivity contribution in [1.29, 1.82) is 0 Å². The zero-order valence-corrected chi connectivity index (χ0v) is 12.0. The minimum atomic E-state index is -0.435. The van der Waals surface area contributed by atoms with E-state index in [2.05, 4.69) is 12.2 Å². The van der Waals surface area contributed by atoms with Gasteiger partial charge in [0.2, 0.25) is 0 Å². The molecule has 0 spiro atoms. The quantitative estimate of drug-likeness (QED) is 0.779. The van der Waals surface area contributed by atoms with Crippen molar-refractivity contribution in [2.75, 3.05) is 24.7 Å². The van der Waals surface area contributed by atoms with Gasteiger partial charge in [0.05, 0.1) is 13.2 Å². The Bertz CT molecular complexity index is 416. The van der Waals surface area contributed by atoms with E-state index in [-0.39, 0.29) is 6.10 Å². The SMILES string of the molecule is CCCNc1sc(C(=O)OC)c(N)c1OC(C)C. The first-order chi connectivity index (χ1) is 8.51. The minimum Gasteiger partial charge on any atom is -0.486 e. The van der Waals surface area contributed by atoms with Gasteiger partial charge in [0.15, 0.2) is 5.75 Å². The molecule has 0 bridgehead atoms. The van der Waals surface area contributed by atoms with E-state index < -0.39 is 5.97 Å². The number of nitrogens with two attached hydrogens (primary N) is 1. The Kier molecular flexibility index (Phi) is 5.27. The van der Waals surface area contributed by atoms with Crippen LogP contribution in [0, 0.1) is 0 Å². The molecule has 3 N–H and O–H groups in total. The molecule has 18 heavy (non-hydrogen) atoms. The third-order valence-corrected chi connectivity index (χ3v) is 3.28. The van der Waals surface area contributed by atoms with Crippen LogP contribution in [0.25, 0.3) is 0 Å². The van der Waals surface area contributed by atoms with E-state index in [1.807, 2.05) is 13.8 Å². The highest BCUT2D eigenvalue weighted by atomic mass is 32.1. The Labute approximate surface area is 111 Å². The van der Waals surface area contributed by atoms with Crippen LogP contribution in [0.15, 0.2) is 0 Å². The van der Waals surface area contributed by atoms with Crippen LogP contribution in [-0.2, 0) is 4.74 Å². The summed E-state index contributed by atoms with van der Waals surface area (Å²) < 4.78 is 10.4. The van der Waals surface area contributed by atoms with Crippen LogP contribution < -0.4 is 15.8 Å². The van der Waals surface area contributed by atoms with Gasteiger partial charge in [0.25, 0.3) is 0 Å². The summed E-state index contributed by atoms with van der Waals surface area (Å²) in [6, 6.07) is 0. The summed E-state index contributed by atoms with van der Waals surface area (Å²) >= 11 is 1.27. The van der Waals surface area contributed by atoms with E-state index in [0.717, 1.165) is 18.0 Å². The van der Waals surface area contributed by atoms with Crippen LogP contribution in [-0.4, -0.2) is 25.7 Å². The molecule has 0 saturated carbocycles. The highest BCUT2D eigenvalue weighted by molar-refractivity contribution is 7.19. The van der Waals surface area contributed by atoms with Crippen molar-refractivity contribution >= 4 is 28.0 Å². The van der Waals surface area contributed by atoms with Crippen LogP contribution >= 0.6 is 11.3 Å². The summed E-state index contributed by atoms with van der Waals surface area (Å²) in [5, 5.41) is 4.00. The molecule has 0 amide bonds. The topological polar surface area (TPSA) is 73.6 Å². The number of nitrogens with one attached hydrogen (secondary N) is 1. The predicted octanol–water partition coefficient (Wildman–Crippen LogP) is 2.73. The number of methoxy groups -OCH3 is 1. The molecule has 0 aromatic carbocycles. The van der Waals surface area contributed by atoms with Crippen LogP contribution in [0.5, 0.6) is 5.75 Å². The van der Waals surface area contributed by atoms with Crippen LogP contribution in [0.3, 0.4) is 0 Å². The van der Waals surface area contributed by atoms with Gasteiger partial charge in [-0.05, 0) is 20.3 Å². The zero-order chi connectivity index (χ0) is 13.7. The molecule has 0 atom stereocenters. The Morgan fingerprint density at radius 1 is 1.50 bits per heavy atom. The fourth-order valence-electron chi connectivity index (χ4n) is 1.38. The average molecular weight is 272 g/mol. The van der Waals surface area contributed by atoms with E-state index in [0.29, 0.717) is 16.3 Å². The van der Waals surface area contributed by atoms with E-state index in [9.17, 15) is 4.79 Å². The Hall–Kier alpha value is -1.43. The van der Waals surface area contributed by atoms with Crippen molar-refractivity contribution in [3.05, 3.63) is 4.88 Å². The number of rotatable bonds is 6. The Morgan fingerprint density at radius 2 is 2.17 bits per heavy atom. The summed E-state index contributed by atoms with van der Waals surface area (Å²) in [4.78, 5) is 12.0. The maximum Gasteiger partial charge on any atom is 0.350 e. The molecule has 6 heteroatoms. The fourth-order valence-corrected chi connectivity index (χ4v) is 2.38. The first-order valence-corrected chi connectivity index (χ1v) is 6.74. The number of hydrogen-bond acceptors (Lipinski definition) is 6. The van der Waals surface area contributed by atoms with Crippen molar-refractivity contribution in [2.45, 2.75) is 33.3 Å². The molecule has 1 rings (SSSR count). The number of carbonyl (C=O) groups excluding carboxylic acids is 1. The van der Waals surface area contributed by atoms with E-state index in [4.69, 9.17) is 15.2 Å². The van der Waals surface area contributed by atoms with E-state index in [1.165, 1.54) is 18.4 Å². The number of ether oxygens (including phenoxy) is 2. The zero-order valence-electron chi connectivity index (χ0n) is 11.2. The standard InChI is InChI=1S/C12H20N2O3S/c1-5-6-14-11-9(17-7(2)3)8(13)10(18-11)12(15)16-4/h7,14H,5-6,13H2,1-4H3.